The zero-order valence-corrected chi connectivity index (χ0v) is 18.7. The number of rotatable bonds is 9. The summed E-state index contributed by atoms with van der Waals surface area (Å²) < 4.78 is 36.8. The summed E-state index contributed by atoms with van der Waals surface area (Å²) in [5, 5.41) is 6.35. The topological polar surface area (TPSA) is 70.6 Å². The Bertz CT molecular complexity index is 929. The van der Waals surface area contributed by atoms with Crippen LogP contribution in [0.4, 0.5) is 4.39 Å². The van der Waals surface area contributed by atoms with Crippen LogP contribution in [-0.4, -0.2) is 40.0 Å². The van der Waals surface area contributed by atoms with Crippen LogP contribution in [0.3, 0.4) is 0 Å². The van der Waals surface area contributed by atoms with Gasteiger partial charge in [0.1, 0.15) is 5.82 Å². The van der Waals surface area contributed by atoms with E-state index < -0.39 is 15.7 Å². The number of aryl methyl sites for hydroxylation is 1. The quantitative estimate of drug-likeness (QED) is 0.358. The third-order valence-corrected chi connectivity index (χ3v) is 6.05. The Morgan fingerprint density at radius 1 is 1.10 bits per heavy atom. The normalized spacial score (nSPS) is 12.1. The Morgan fingerprint density at radius 3 is 2.48 bits per heavy atom. The molecule has 0 saturated heterocycles. The van der Waals surface area contributed by atoms with Crippen molar-refractivity contribution in [1.82, 2.24) is 10.6 Å². The van der Waals surface area contributed by atoms with Gasteiger partial charge in [-0.3, -0.25) is 4.99 Å². The lowest BCUT2D eigenvalue weighted by molar-refractivity contribution is 0.599. The lowest BCUT2D eigenvalue weighted by atomic mass is 10.1. The zero-order valence-electron chi connectivity index (χ0n) is 17.0. The number of thioether (sulfide) groups is 1. The van der Waals surface area contributed by atoms with Crippen molar-refractivity contribution in [2.75, 3.05) is 25.6 Å². The molecule has 0 heterocycles. The van der Waals surface area contributed by atoms with Crippen molar-refractivity contribution in [1.29, 1.82) is 0 Å². The van der Waals surface area contributed by atoms with Crippen molar-refractivity contribution in [2.24, 2.45) is 4.99 Å². The predicted molar refractivity (Wildman–Crippen MR) is 120 cm³/mol. The van der Waals surface area contributed by atoms with Gasteiger partial charge in [0.25, 0.3) is 0 Å². The lowest BCUT2D eigenvalue weighted by Gasteiger charge is -2.14. The molecule has 0 aliphatic rings. The molecule has 0 unspecified atom stereocenters. The monoisotopic (exact) mass is 437 g/mol. The zero-order chi connectivity index (χ0) is 21.3. The molecular formula is C21H28FN3O2S2. The van der Waals surface area contributed by atoms with Crippen LogP contribution < -0.4 is 10.6 Å². The average Bonchev–Trinajstić information content (AvgIpc) is 2.66. The van der Waals surface area contributed by atoms with E-state index in [0.29, 0.717) is 23.6 Å². The lowest BCUT2D eigenvalue weighted by Crippen LogP contribution is -2.38. The van der Waals surface area contributed by atoms with Crippen LogP contribution in [-0.2, 0) is 27.9 Å². The van der Waals surface area contributed by atoms with Gasteiger partial charge in [0.2, 0.25) is 0 Å². The number of aliphatic imine (C=N–C) groups is 1. The minimum Gasteiger partial charge on any atom is -0.356 e. The molecule has 0 spiro atoms. The molecule has 5 nitrogen and oxygen atoms in total. The van der Waals surface area contributed by atoms with E-state index in [0.717, 1.165) is 18.1 Å². The number of hydrogen-bond acceptors (Lipinski definition) is 4. The summed E-state index contributed by atoms with van der Waals surface area (Å²) >= 11 is 1.83. The summed E-state index contributed by atoms with van der Waals surface area (Å²) in [5.41, 5.74) is 3.75. The molecule has 2 rings (SSSR count). The molecule has 0 saturated carbocycles. The van der Waals surface area contributed by atoms with Crippen LogP contribution in [0.15, 0.2) is 47.5 Å². The molecule has 158 valence electrons. The van der Waals surface area contributed by atoms with Crippen LogP contribution in [0.5, 0.6) is 0 Å². The number of hydrogen-bond donors (Lipinski definition) is 2. The second-order valence-corrected chi connectivity index (χ2v) is 10.1. The summed E-state index contributed by atoms with van der Waals surface area (Å²) in [6.45, 7) is 3.10. The van der Waals surface area contributed by atoms with Crippen molar-refractivity contribution in [3.05, 3.63) is 70.5 Å². The van der Waals surface area contributed by atoms with Crippen molar-refractivity contribution < 1.29 is 12.8 Å². The first-order chi connectivity index (χ1) is 13.8. The maximum Gasteiger partial charge on any atom is 0.191 e. The van der Waals surface area contributed by atoms with E-state index in [2.05, 4.69) is 46.8 Å². The third kappa shape index (κ3) is 8.87. The molecule has 2 aromatic rings. The number of guanidine groups is 1. The maximum atomic E-state index is 13.6. The van der Waals surface area contributed by atoms with Crippen LogP contribution in [0, 0.1) is 12.7 Å². The van der Waals surface area contributed by atoms with E-state index in [1.54, 1.807) is 7.05 Å². The van der Waals surface area contributed by atoms with Crippen molar-refractivity contribution in [2.45, 2.75) is 25.0 Å². The maximum absolute atomic E-state index is 13.6. The number of halogens is 1. The van der Waals surface area contributed by atoms with Crippen molar-refractivity contribution in [3.63, 3.8) is 0 Å². The van der Waals surface area contributed by atoms with Gasteiger partial charge in [0, 0.05) is 37.9 Å². The number of nitrogens with one attached hydrogen (secondary N) is 2. The summed E-state index contributed by atoms with van der Waals surface area (Å²) in [4.78, 5) is 4.17. The molecule has 0 amide bonds. The summed E-state index contributed by atoms with van der Waals surface area (Å²) in [7, 11) is -1.54. The smallest absolute Gasteiger partial charge is 0.191 e. The molecule has 29 heavy (non-hydrogen) atoms. The minimum atomic E-state index is -3.20. The van der Waals surface area contributed by atoms with Gasteiger partial charge in [-0.05, 0) is 35.7 Å². The van der Waals surface area contributed by atoms with Gasteiger partial charge < -0.3 is 10.6 Å². The highest BCUT2D eigenvalue weighted by atomic mass is 32.2. The van der Waals surface area contributed by atoms with E-state index in [-0.39, 0.29) is 5.75 Å². The average molecular weight is 438 g/mol. The highest BCUT2D eigenvalue weighted by Gasteiger charge is 2.11. The third-order valence-electron chi connectivity index (χ3n) is 4.18. The highest BCUT2D eigenvalue weighted by Crippen LogP contribution is 2.15. The highest BCUT2D eigenvalue weighted by molar-refractivity contribution is 7.98. The van der Waals surface area contributed by atoms with Crippen LogP contribution in [0.25, 0.3) is 0 Å². The predicted octanol–water partition coefficient (Wildman–Crippen LogP) is 3.28. The van der Waals surface area contributed by atoms with E-state index in [9.17, 15) is 12.8 Å². The molecule has 0 fully saturated rings. The molecule has 0 aliphatic heterocycles. The molecule has 2 aromatic carbocycles. The van der Waals surface area contributed by atoms with Crippen molar-refractivity contribution >= 4 is 27.6 Å². The van der Waals surface area contributed by atoms with Crippen molar-refractivity contribution in [3.8, 4) is 0 Å². The molecule has 8 heteroatoms. The second kappa shape index (κ2) is 11.2. The second-order valence-electron chi connectivity index (χ2n) is 6.87. The molecule has 0 atom stereocenters. The molecule has 2 N–H and O–H groups in total. The fourth-order valence-electron chi connectivity index (χ4n) is 2.70. The largest absolute Gasteiger partial charge is 0.356 e. The van der Waals surface area contributed by atoms with E-state index in [1.165, 1.54) is 35.6 Å². The number of benzene rings is 2. The van der Waals surface area contributed by atoms with E-state index in [1.807, 2.05) is 11.8 Å². The van der Waals surface area contributed by atoms with Gasteiger partial charge in [-0.2, -0.15) is 11.8 Å². The standard InChI is InChI=1S/C21H28FN3O2S2/c1-16-4-6-17(7-5-16)14-28-11-10-24-21(23-2)25-13-19-12-20(22)9-8-18(19)15-29(3,26)27/h4-9,12H,10-11,13-15H2,1-3H3,(H2,23,24,25). The van der Waals surface area contributed by atoms with Gasteiger partial charge in [-0.1, -0.05) is 35.9 Å². The summed E-state index contributed by atoms with van der Waals surface area (Å²) in [6.07, 6.45) is 1.17. The van der Waals surface area contributed by atoms with Gasteiger partial charge in [-0.25, -0.2) is 12.8 Å². The first-order valence-corrected chi connectivity index (χ1v) is 12.5. The summed E-state index contributed by atoms with van der Waals surface area (Å²) in [6, 6.07) is 12.7. The Morgan fingerprint density at radius 2 is 1.83 bits per heavy atom. The SMILES string of the molecule is CN=C(NCCSCc1ccc(C)cc1)NCc1cc(F)ccc1CS(C)(=O)=O. The molecule has 0 radical (unpaired) electrons. The number of nitrogens with zero attached hydrogens (tertiary/aromatic N) is 1. The summed E-state index contributed by atoms with van der Waals surface area (Å²) in [5.74, 6) is 1.94. The van der Waals surface area contributed by atoms with Crippen LogP contribution >= 0.6 is 11.8 Å². The first-order valence-electron chi connectivity index (χ1n) is 9.29. The van der Waals surface area contributed by atoms with Gasteiger partial charge in [0.15, 0.2) is 15.8 Å². The van der Waals surface area contributed by atoms with Crippen LogP contribution in [0.2, 0.25) is 0 Å². The fraction of sp³-hybridized carbons (Fsp3) is 0.381. The Balaban J connectivity index is 1.80. The van der Waals surface area contributed by atoms with E-state index in [4.69, 9.17) is 0 Å². The molecule has 0 aliphatic carbocycles. The van der Waals surface area contributed by atoms with Gasteiger partial charge in [0.05, 0.1) is 5.75 Å². The van der Waals surface area contributed by atoms with Crippen LogP contribution in [0.1, 0.15) is 22.3 Å². The Labute approximate surface area is 177 Å². The first kappa shape index (κ1) is 23.2. The Kier molecular flexibility index (Phi) is 8.98. The van der Waals surface area contributed by atoms with Gasteiger partial charge in [-0.15, -0.1) is 0 Å². The minimum absolute atomic E-state index is 0.119. The molecular weight excluding hydrogens is 409 g/mol. The fourth-order valence-corrected chi connectivity index (χ4v) is 4.36. The molecule has 0 aromatic heterocycles. The Hall–Kier alpha value is -2.06. The number of sulfone groups is 1. The van der Waals surface area contributed by atoms with Gasteiger partial charge >= 0.3 is 0 Å². The van der Waals surface area contributed by atoms with E-state index >= 15 is 0 Å². The molecule has 0 bridgehead atoms.